The Morgan fingerprint density at radius 1 is 1.40 bits per heavy atom. The van der Waals surface area contributed by atoms with Crippen molar-refractivity contribution >= 4 is 5.97 Å². The van der Waals surface area contributed by atoms with E-state index in [0.29, 0.717) is 0 Å². The lowest BCUT2D eigenvalue weighted by Crippen LogP contribution is -3.34. The third kappa shape index (κ3) is 1.60. The van der Waals surface area contributed by atoms with Gasteiger partial charge in [-0.3, -0.25) is 11.5 Å². The summed E-state index contributed by atoms with van der Waals surface area (Å²) in [5.41, 5.74) is 10.1. The third-order valence-corrected chi connectivity index (χ3v) is 0.922. The molecule has 0 atom stereocenters. The van der Waals surface area contributed by atoms with Crippen molar-refractivity contribution in [2.24, 2.45) is 29.0 Å². The predicted octanol–water partition coefficient (Wildman–Crippen LogP) is -5.39. The van der Waals surface area contributed by atoms with Gasteiger partial charge in [-0.05, 0) is 0 Å². The Balaban J connectivity index is 4.24. The molecule has 0 aliphatic heterocycles. The molecule has 8 heteroatoms. The molecule has 0 aromatic carbocycles. The maximum absolute atomic E-state index is 10.5. The van der Waals surface area contributed by atoms with Crippen LogP contribution < -0.4 is 34.2 Å². The van der Waals surface area contributed by atoms with E-state index in [4.69, 9.17) is 23.2 Å². The molecule has 0 radical (unpaired) electrons. The van der Waals surface area contributed by atoms with Gasteiger partial charge in [0.05, 0.1) is 0 Å². The summed E-state index contributed by atoms with van der Waals surface area (Å²) in [7, 11) is 0. The topological polar surface area (TPSA) is 161 Å². The smallest absolute Gasteiger partial charge is 0.366 e. The number of rotatable bonds is 2. The zero-order valence-electron chi connectivity index (χ0n) is 5.20. The molecule has 0 aromatic heterocycles. The van der Waals surface area contributed by atoms with E-state index in [-0.39, 0.29) is 0 Å². The van der Waals surface area contributed by atoms with E-state index in [9.17, 15) is 4.79 Å². The second-order valence-electron chi connectivity index (χ2n) is 1.73. The average molecular weight is 151 g/mol. The minimum atomic E-state index is -2.01. The molecule has 0 aliphatic carbocycles. The quantitative estimate of drug-likeness (QED) is 0.130. The maximum atomic E-state index is 10.5. The second kappa shape index (κ2) is 2.88. The van der Waals surface area contributed by atoms with Crippen LogP contribution in [0.5, 0.6) is 0 Å². The number of nitrogens with two attached hydrogens (primary N) is 5. The number of hydrogen-bond acceptors (Lipinski definition) is 7. The van der Waals surface area contributed by atoms with Gasteiger partial charge in [0.25, 0.3) is 0 Å². The molecule has 60 valence electrons. The first-order valence-corrected chi connectivity index (χ1v) is 2.30. The number of hydrogen-bond donors (Lipinski definition) is 6. The number of nitrogens with one attached hydrogen (secondary N) is 1. The maximum Gasteiger partial charge on any atom is 0.423 e. The van der Waals surface area contributed by atoms with Gasteiger partial charge in [0, 0.05) is 0 Å². The standard InChI is InChI=1S/C2H10N6O2/c3-2(4,8(5)6)1(9)10-7/h3-7H2/p+1. The summed E-state index contributed by atoms with van der Waals surface area (Å²) >= 11 is 0. The highest BCUT2D eigenvalue weighted by Crippen LogP contribution is 1.76. The highest BCUT2D eigenvalue weighted by atomic mass is 16.7. The molecule has 0 fully saturated rings. The van der Waals surface area contributed by atoms with Crippen LogP contribution in [0.4, 0.5) is 0 Å². The van der Waals surface area contributed by atoms with Crippen LogP contribution in [0.2, 0.25) is 0 Å². The largest absolute Gasteiger partial charge is 0.423 e. The first kappa shape index (κ1) is 9.23. The average Bonchev–Trinajstić information content (AvgIpc) is 1.86. The van der Waals surface area contributed by atoms with Crippen molar-refractivity contribution in [3.8, 4) is 0 Å². The third-order valence-electron chi connectivity index (χ3n) is 0.922. The molecule has 0 saturated heterocycles. The molecule has 0 aliphatic rings. The van der Waals surface area contributed by atoms with Crippen molar-refractivity contribution in [1.29, 1.82) is 0 Å². The fourth-order valence-electron chi connectivity index (χ4n) is 0.215. The molecular formula is C2H11N6O2+. The fraction of sp³-hybridized carbons (Fsp3) is 0.500. The van der Waals surface area contributed by atoms with Crippen LogP contribution in [0, 0.1) is 0 Å². The summed E-state index contributed by atoms with van der Waals surface area (Å²) in [6.45, 7) is 0. The first-order chi connectivity index (χ1) is 4.42. The van der Waals surface area contributed by atoms with Crippen LogP contribution in [0.3, 0.4) is 0 Å². The molecule has 10 heavy (non-hydrogen) atoms. The van der Waals surface area contributed by atoms with Crippen LogP contribution in [0.15, 0.2) is 0 Å². The van der Waals surface area contributed by atoms with Crippen molar-refractivity contribution in [1.82, 2.24) is 0 Å². The number of carbonyl (C=O) groups is 1. The van der Waals surface area contributed by atoms with E-state index in [2.05, 4.69) is 10.7 Å². The Hall–Kier alpha value is -0.770. The summed E-state index contributed by atoms with van der Waals surface area (Å²) < 4.78 is 0. The minimum Gasteiger partial charge on any atom is -0.366 e. The van der Waals surface area contributed by atoms with Gasteiger partial charge in [-0.1, -0.05) is 0 Å². The molecule has 0 unspecified atom stereocenters. The summed E-state index contributed by atoms with van der Waals surface area (Å²) in [5, 5.41) is -0.456. The van der Waals surface area contributed by atoms with E-state index >= 15 is 0 Å². The van der Waals surface area contributed by atoms with E-state index in [1.807, 2.05) is 0 Å². The molecule has 0 bridgehead atoms. The van der Waals surface area contributed by atoms with Crippen LogP contribution >= 0.6 is 0 Å². The van der Waals surface area contributed by atoms with Crippen molar-refractivity contribution in [3.05, 3.63) is 0 Å². The van der Waals surface area contributed by atoms with Gasteiger partial charge in [-0.25, -0.2) is 4.79 Å². The van der Waals surface area contributed by atoms with Crippen LogP contribution in [0.1, 0.15) is 0 Å². The lowest BCUT2D eigenvalue weighted by atomic mass is 10.4. The van der Waals surface area contributed by atoms with Crippen LogP contribution in [-0.4, -0.2) is 11.8 Å². The van der Waals surface area contributed by atoms with Crippen LogP contribution in [0.25, 0.3) is 0 Å². The molecule has 0 saturated carbocycles. The Bertz CT molecular complexity index is 132. The van der Waals surface area contributed by atoms with Crippen molar-refractivity contribution in [3.63, 3.8) is 0 Å². The Morgan fingerprint density at radius 3 is 1.90 bits per heavy atom. The molecule has 0 amide bonds. The zero-order valence-corrected chi connectivity index (χ0v) is 5.20. The zero-order chi connectivity index (χ0) is 8.36. The van der Waals surface area contributed by atoms with Gasteiger partial charge in [-0.2, -0.15) is 17.6 Å². The SMILES string of the molecule is NOC(=O)C(N)(N)[NH+](N)N. The summed E-state index contributed by atoms with van der Waals surface area (Å²) in [5.74, 6) is 11.2. The van der Waals surface area contributed by atoms with Gasteiger partial charge in [0.15, 0.2) is 0 Å². The number of quaternary nitrogens is 1. The van der Waals surface area contributed by atoms with Gasteiger partial charge in [0.1, 0.15) is 0 Å². The van der Waals surface area contributed by atoms with E-state index in [0.717, 1.165) is 0 Å². The normalized spacial score (nSPS) is 11.8. The first-order valence-electron chi connectivity index (χ1n) is 2.30. The van der Waals surface area contributed by atoms with Crippen molar-refractivity contribution in [2.75, 3.05) is 0 Å². The molecule has 11 N–H and O–H groups in total. The van der Waals surface area contributed by atoms with Crippen LogP contribution in [-0.2, 0) is 9.63 Å². The number of carbonyl (C=O) groups excluding carboxylic acids is 1. The minimum absolute atomic E-state index is 0.456. The molecule has 0 rings (SSSR count). The Labute approximate surface area is 56.7 Å². The van der Waals surface area contributed by atoms with E-state index in [1.54, 1.807) is 0 Å². The summed E-state index contributed by atoms with van der Waals surface area (Å²) in [4.78, 5) is 14.2. The molecule has 0 aromatic rings. The highest BCUT2D eigenvalue weighted by Gasteiger charge is 2.40. The monoisotopic (exact) mass is 151 g/mol. The lowest BCUT2D eigenvalue weighted by molar-refractivity contribution is -0.967. The Morgan fingerprint density at radius 2 is 1.80 bits per heavy atom. The molecular weight excluding hydrogens is 140 g/mol. The highest BCUT2D eigenvalue weighted by molar-refractivity contribution is 5.76. The van der Waals surface area contributed by atoms with E-state index < -0.39 is 16.9 Å². The van der Waals surface area contributed by atoms with Gasteiger partial charge in [-0.15, -0.1) is 5.12 Å². The van der Waals surface area contributed by atoms with Gasteiger partial charge >= 0.3 is 11.8 Å². The van der Waals surface area contributed by atoms with Gasteiger partial charge < -0.3 is 4.84 Å². The second-order valence-corrected chi connectivity index (χ2v) is 1.73. The van der Waals surface area contributed by atoms with E-state index in [1.165, 1.54) is 0 Å². The van der Waals surface area contributed by atoms with Crippen molar-refractivity contribution < 1.29 is 14.8 Å². The Kier molecular flexibility index (Phi) is 2.65. The summed E-state index contributed by atoms with van der Waals surface area (Å²) in [6, 6.07) is 0. The summed E-state index contributed by atoms with van der Waals surface area (Å²) in [6.07, 6.45) is 0. The molecule has 8 nitrogen and oxygen atoms in total. The lowest BCUT2D eigenvalue weighted by Gasteiger charge is -2.21. The van der Waals surface area contributed by atoms with Gasteiger partial charge in [0.2, 0.25) is 0 Å². The fourth-order valence-corrected chi connectivity index (χ4v) is 0.215. The van der Waals surface area contributed by atoms with Crippen molar-refractivity contribution in [2.45, 2.75) is 5.79 Å². The predicted molar refractivity (Wildman–Crippen MR) is 30.7 cm³/mol. The molecule has 0 spiro atoms. The molecule has 0 heterocycles.